The molecule has 5 nitrogen and oxygen atoms in total. The average molecular weight is 241 g/mol. The summed E-state index contributed by atoms with van der Waals surface area (Å²) in [6, 6.07) is 0.124. The lowest BCUT2D eigenvalue weighted by Crippen LogP contribution is -2.53. The predicted octanol–water partition coefficient (Wildman–Crippen LogP) is 0.0968. The van der Waals surface area contributed by atoms with Crippen molar-refractivity contribution in [2.45, 2.75) is 45.7 Å². The minimum atomic E-state index is -0.102. The van der Waals surface area contributed by atoms with Gasteiger partial charge in [0.25, 0.3) is 0 Å². The molecule has 98 valence electrons. The van der Waals surface area contributed by atoms with Crippen molar-refractivity contribution in [3.63, 3.8) is 0 Å². The molecule has 1 saturated heterocycles. The first kappa shape index (κ1) is 14.0. The Morgan fingerprint density at radius 2 is 2.29 bits per heavy atom. The number of nitrogens with one attached hydrogen (secondary N) is 1. The molecule has 0 aliphatic carbocycles. The first-order chi connectivity index (χ1) is 7.93. The van der Waals surface area contributed by atoms with Gasteiger partial charge in [0.2, 0.25) is 11.8 Å². The molecule has 0 aromatic heterocycles. The molecule has 3 unspecified atom stereocenters. The highest BCUT2D eigenvalue weighted by molar-refractivity contribution is 5.85. The maximum Gasteiger partial charge on any atom is 0.239 e. The van der Waals surface area contributed by atoms with Crippen LogP contribution in [0.4, 0.5) is 0 Å². The van der Waals surface area contributed by atoms with Crippen LogP contribution in [0.1, 0.15) is 33.6 Å². The summed E-state index contributed by atoms with van der Waals surface area (Å²) in [6.45, 7) is 6.54. The van der Waals surface area contributed by atoms with E-state index in [1.807, 2.05) is 20.8 Å². The van der Waals surface area contributed by atoms with E-state index in [4.69, 9.17) is 5.73 Å². The van der Waals surface area contributed by atoms with Gasteiger partial charge in [-0.1, -0.05) is 13.8 Å². The van der Waals surface area contributed by atoms with E-state index >= 15 is 0 Å². The summed E-state index contributed by atoms with van der Waals surface area (Å²) in [5.74, 6) is 0.129. The Bertz CT molecular complexity index is 293. The van der Waals surface area contributed by atoms with Gasteiger partial charge in [0.15, 0.2) is 0 Å². The smallest absolute Gasteiger partial charge is 0.239 e. The van der Waals surface area contributed by atoms with Gasteiger partial charge >= 0.3 is 0 Å². The van der Waals surface area contributed by atoms with E-state index < -0.39 is 0 Å². The number of hydrogen-bond acceptors (Lipinski definition) is 3. The van der Waals surface area contributed by atoms with E-state index in [1.54, 1.807) is 4.90 Å². The van der Waals surface area contributed by atoms with Gasteiger partial charge in [0.1, 0.15) is 0 Å². The lowest BCUT2D eigenvalue weighted by Gasteiger charge is -2.34. The largest absolute Gasteiger partial charge is 0.352 e. The van der Waals surface area contributed by atoms with E-state index in [0.717, 1.165) is 6.42 Å². The Hall–Kier alpha value is -1.10. The van der Waals surface area contributed by atoms with Gasteiger partial charge in [-0.05, 0) is 19.3 Å². The highest BCUT2D eigenvalue weighted by atomic mass is 16.2. The summed E-state index contributed by atoms with van der Waals surface area (Å²) in [5.41, 5.74) is 5.91. The van der Waals surface area contributed by atoms with Crippen molar-refractivity contribution in [2.24, 2.45) is 11.7 Å². The van der Waals surface area contributed by atoms with Crippen LogP contribution >= 0.6 is 0 Å². The Labute approximate surface area is 103 Å². The summed E-state index contributed by atoms with van der Waals surface area (Å²) >= 11 is 0. The molecule has 5 heteroatoms. The molecule has 0 bridgehead atoms. The molecule has 3 atom stereocenters. The summed E-state index contributed by atoms with van der Waals surface area (Å²) in [5, 5.41) is 2.85. The minimum Gasteiger partial charge on any atom is -0.352 e. The molecule has 1 aliphatic rings. The van der Waals surface area contributed by atoms with Crippen molar-refractivity contribution in [2.75, 3.05) is 13.1 Å². The number of piperidine rings is 1. The topological polar surface area (TPSA) is 75.4 Å². The summed E-state index contributed by atoms with van der Waals surface area (Å²) in [7, 11) is 0. The third kappa shape index (κ3) is 4.00. The Kier molecular flexibility index (Phi) is 4.93. The van der Waals surface area contributed by atoms with Crippen molar-refractivity contribution in [3.05, 3.63) is 0 Å². The van der Waals surface area contributed by atoms with Crippen LogP contribution in [0.5, 0.6) is 0 Å². The Morgan fingerprint density at radius 1 is 1.65 bits per heavy atom. The fourth-order valence-corrected chi connectivity index (χ4v) is 1.84. The van der Waals surface area contributed by atoms with Crippen molar-refractivity contribution in [1.29, 1.82) is 0 Å². The maximum atomic E-state index is 11.7. The highest BCUT2D eigenvalue weighted by Crippen LogP contribution is 2.16. The first-order valence-electron chi connectivity index (χ1n) is 6.26. The molecule has 0 aromatic carbocycles. The van der Waals surface area contributed by atoms with E-state index in [2.05, 4.69) is 5.32 Å². The number of carbonyl (C=O) groups excluding carboxylic acids is 2. The second kappa shape index (κ2) is 6.00. The number of amides is 2. The van der Waals surface area contributed by atoms with Crippen molar-refractivity contribution < 1.29 is 9.59 Å². The van der Waals surface area contributed by atoms with E-state index in [9.17, 15) is 9.59 Å². The molecule has 1 fully saturated rings. The lowest BCUT2D eigenvalue weighted by molar-refractivity contribution is -0.139. The predicted molar refractivity (Wildman–Crippen MR) is 66.2 cm³/mol. The first-order valence-corrected chi connectivity index (χ1v) is 6.26. The Balaban J connectivity index is 2.45. The SMILES string of the molecule is CCC(C)NC(=O)CN1CC(N)C(C)CC1=O. The quantitative estimate of drug-likeness (QED) is 0.733. The van der Waals surface area contributed by atoms with Crippen LogP contribution in [0, 0.1) is 5.92 Å². The van der Waals surface area contributed by atoms with Crippen LogP contribution in [0.2, 0.25) is 0 Å². The monoisotopic (exact) mass is 241 g/mol. The highest BCUT2D eigenvalue weighted by Gasteiger charge is 2.30. The fraction of sp³-hybridized carbons (Fsp3) is 0.833. The number of likely N-dealkylation sites (tertiary alicyclic amines) is 1. The summed E-state index contributed by atoms with van der Waals surface area (Å²) in [6.07, 6.45) is 1.33. The number of nitrogens with zero attached hydrogens (tertiary/aromatic N) is 1. The van der Waals surface area contributed by atoms with Crippen LogP contribution in [0.25, 0.3) is 0 Å². The standard InChI is InChI=1S/C12H23N3O2/c1-4-9(3)14-11(16)7-15-6-10(13)8(2)5-12(15)17/h8-10H,4-7,13H2,1-3H3,(H,14,16). The van der Waals surface area contributed by atoms with Crippen LogP contribution in [0.3, 0.4) is 0 Å². The van der Waals surface area contributed by atoms with Gasteiger partial charge in [0.05, 0.1) is 6.54 Å². The minimum absolute atomic E-state index is 0.0240. The van der Waals surface area contributed by atoms with Gasteiger partial charge in [-0.15, -0.1) is 0 Å². The molecule has 0 radical (unpaired) electrons. The van der Waals surface area contributed by atoms with Gasteiger partial charge in [-0.3, -0.25) is 9.59 Å². The van der Waals surface area contributed by atoms with Gasteiger partial charge in [-0.25, -0.2) is 0 Å². The second-order valence-electron chi connectivity index (χ2n) is 5.00. The zero-order chi connectivity index (χ0) is 13.0. The van der Waals surface area contributed by atoms with Crippen molar-refractivity contribution >= 4 is 11.8 Å². The van der Waals surface area contributed by atoms with Gasteiger partial charge in [-0.2, -0.15) is 0 Å². The van der Waals surface area contributed by atoms with Crippen molar-refractivity contribution in [3.8, 4) is 0 Å². The number of nitrogens with two attached hydrogens (primary N) is 1. The number of hydrogen-bond donors (Lipinski definition) is 2. The molecule has 17 heavy (non-hydrogen) atoms. The molecule has 1 aliphatic heterocycles. The molecule has 1 heterocycles. The average Bonchev–Trinajstić information content (AvgIpc) is 2.25. The molecular formula is C12H23N3O2. The van der Waals surface area contributed by atoms with E-state index in [0.29, 0.717) is 13.0 Å². The number of carbonyl (C=O) groups is 2. The molecule has 0 saturated carbocycles. The summed E-state index contributed by atoms with van der Waals surface area (Å²) < 4.78 is 0. The Morgan fingerprint density at radius 3 is 2.88 bits per heavy atom. The van der Waals surface area contributed by atoms with Crippen molar-refractivity contribution in [1.82, 2.24) is 10.2 Å². The lowest BCUT2D eigenvalue weighted by atomic mass is 9.94. The molecule has 3 N–H and O–H groups in total. The van der Waals surface area contributed by atoms with Gasteiger partial charge < -0.3 is 16.0 Å². The second-order valence-corrected chi connectivity index (χ2v) is 5.00. The summed E-state index contributed by atoms with van der Waals surface area (Å²) in [4.78, 5) is 25.0. The maximum absolute atomic E-state index is 11.7. The molecule has 1 rings (SSSR count). The molecule has 0 spiro atoms. The van der Waals surface area contributed by atoms with Crippen LogP contribution < -0.4 is 11.1 Å². The third-order valence-electron chi connectivity index (χ3n) is 3.37. The molecule has 2 amide bonds. The molecular weight excluding hydrogens is 218 g/mol. The van der Waals surface area contributed by atoms with Crippen LogP contribution in [-0.2, 0) is 9.59 Å². The molecule has 0 aromatic rings. The van der Waals surface area contributed by atoms with E-state index in [1.165, 1.54) is 0 Å². The third-order valence-corrected chi connectivity index (χ3v) is 3.37. The van der Waals surface area contributed by atoms with Gasteiger partial charge in [0, 0.05) is 25.0 Å². The van der Waals surface area contributed by atoms with E-state index in [-0.39, 0.29) is 36.4 Å². The zero-order valence-electron chi connectivity index (χ0n) is 10.9. The normalized spacial score (nSPS) is 26.8. The number of rotatable bonds is 4. The zero-order valence-corrected chi connectivity index (χ0v) is 10.9. The van der Waals surface area contributed by atoms with Crippen LogP contribution in [-0.4, -0.2) is 41.9 Å². The fourth-order valence-electron chi connectivity index (χ4n) is 1.84. The van der Waals surface area contributed by atoms with Crippen LogP contribution in [0.15, 0.2) is 0 Å².